The first kappa shape index (κ1) is 24.4. The van der Waals surface area contributed by atoms with Crippen LogP contribution >= 0.6 is 0 Å². The van der Waals surface area contributed by atoms with Crippen LogP contribution in [-0.2, 0) is 13.1 Å². The molecule has 1 amide bonds. The Labute approximate surface area is 218 Å². The van der Waals surface area contributed by atoms with Crippen molar-refractivity contribution >= 4 is 28.6 Å². The van der Waals surface area contributed by atoms with E-state index in [-0.39, 0.29) is 23.9 Å². The van der Waals surface area contributed by atoms with Crippen molar-refractivity contribution in [1.82, 2.24) is 19.9 Å². The van der Waals surface area contributed by atoms with Gasteiger partial charge in [-0.3, -0.25) is 20.2 Å². The molecule has 0 aliphatic heterocycles. The highest BCUT2D eigenvalue weighted by molar-refractivity contribution is 6.00. The maximum Gasteiger partial charge on any atom is 0.337 e. The molecule has 0 radical (unpaired) electrons. The molecule has 38 heavy (non-hydrogen) atoms. The first-order chi connectivity index (χ1) is 18.4. The molecule has 9 nitrogen and oxygen atoms in total. The van der Waals surface area contributed by atoms with E-state index in [4.69, 9.17) is 11.1 Å². The molecule has 0 unspecified atom stereocenters. The zero-order valence-corrected chi connectivity index (χ0v) is 20.3. The summed E-state index contributed by atoms with van der Waals surface area (Å²) in [6.45, 7) is 0.694. The van der Waals surface area contributed by atoms with Crippen molar-refractivity contribution in [2.75, 3.05) is 0 Å². The molecule has 0 bridgehead atoms. The highest BCUT2D eigenvalue weighted by Crippen LogP contribution is 2.30. The van der Waals surface area contributed by atoms with E-state index in [1.807, 2.05) is 47.2 Å². The summed E-state index contributed by atoms with van der Waals surface area (Å²) in [6.07, 6.45) is 6.44. The van der Waals surface area contributed by atoms with Gasteiger partial charge in [-0.2, -0.15) is 0 Å². The quantitative estimate of drug-likeness (QED) is 0.185. The molecule has 5 aromatic rings. The molecule has 3 aromatic heterocycles. The van der Waals surface area contributed by atoms with Crippen LogP contribution in [0.1, 0.15) is 37.5 Å². The third kappa shape index (κ3) is 4.98. The number of nitrogen functional groups attached to an aromatic ring is 1. The third-order valence-corrected chi connectivity index (χ3v) is 6.29. The number of benzene rings is 2. The summed E-state index contributed by atoms with van der Waals surface area (Å²) < 4.78 is 2.03. The van der Waals surface area contributed by atoms with Gasteiger partial charge in [0, 0.05) is 53.4 Å². The second kappa shape index (κ2) is 10.4. The number of amidine groups is 1. The Morgan fingerprint density at radius 2 is 1.82 bits per heavy atom. The minimum Gasteiger partial charge on any atom is -0.478 e. The number of aromatic carboxylic acids is 1. The fraction of sp³-hybridized carbons (Fsp3) is 0.0690. The summed E-state index contributed by atoms with van der Waals surface area (Å²) in [5, 5.41) is 21.3. The van der Waals surface area contributed by atoms with Crippen molar-refractivity contribution in [3.63, 3.8) is 0 Å². The Morgan fingerprint density at radius 3 is 2.58 bits per heavy atom. The third-order valence-electron chi connectivity index (χ3n) is 6.29. The van der Waals surface area contributed by atoms with Crippen LogP contribution in [0.15, 0.2) is 91.5 Å². The number of carbonyl (C=O) groups is 2. The maximum atomic E-state index is 13.0. The topological polar surface area (TPSA) is 147 Å². The van der Waals surface area contributed by atoms with E-state index in [0.717, 1.165) is 22.2 Å². The van der Waals surface area contributed by atoms with Gasteiger partial charge in [-0.1, -0.05) is 12.1 Å². The Morgan fingerprint density at radius 1 is 0.974 bits per heavy atom. The van der Waals surface area contributed by atoms with Crippen LogP contribution in [0.3, 0.4) is 0 Å². The largest absolute Gasteiger partial charge is 0.478 e. The Hall–Kier alpha value is -5.31. The second-order valence-corrected chi connectivity index (χ2v) is 8.73. The smallest absolute Gasteiger partial charge is 0.337 e. The first-order valence-electron chi connectivity index (χ1n) is 11.8. The molecular weight excluding hydrogens is 480 g/mol. The van der Waals surface area contributed by atoms with Crippen LogP contribution in [0.5, 0.6) is 0 Å². The zero-order valence-electron chi connectivity index (χ0n) is 20.3. The number of pyridine rings is 2. The standard InChI is InChI=1S/C29H24N6O3/c30-27(31)19-6-7-26-18(13-19)9-12-35(26)17-21-5-4-20(28(36)34-15-22-3-1-2-10-33-22)14-24(21)23-8-11-32-16-25(23)29(37)38/h1-14,16H,15,17H2,(H3,30,31)(H,34,36)(H,37,38). The summed E-state index contributed by atoms with van der Waals surface area (Å²) >= 11 is 0. The van der Waals surface area contributed by atoms with E-state index < -0.39 is 5.97 Å². The van der Waals surface area contributed by atoms with Crippen LogP contribution in [0, 0.1) is 5.41 Å². The van der Waals surface area contributed by atoms with E-state index in [1.165, 1.54) is 12.4 Å². The van der Waals surface area contributed by atoms with Crippen LogP contribution in [0.2, 0.25) is 0 Å². The normalized spacial score (nSPS) is 10.8. The lowest BCUT2D eigenvalue weighted by Crippen LogP contribution is -2.23. The summed E-state index contributed by atoms with van der Waals surface area (Å²) in [6, 6.07) is 19.9. The monoisotopic (exact) mass is 504 g/mol. The predicted octanol–water partition coefficient (Wildman–Crippen LogP) is 4.06. The van der Waals surface area contributed by atoms with Crippen LogP contribution < -0.4 is 11.1 Å². The van der Waals surface area contributed by atoms with E-state index in [1.54, 1.807) is 36.5 Å². The minimum absolute atomic E-state index is 0.00210. The van der Waals surface area contributed by atoms with Gasteiger partial charge >= 0.3 is 5.97 Å². The van der Waals surface area contributed by atoms with Crippen molar-refractivity contribution in [3.05, 3.63) is 119 Å². The molecule has 5 N–H and O–H groups in total. The molecule has 0 aliphatic rings. The van der Waals surface area contributed by atoms with Gasteiger partial charge in [0.05, 0.1) is 17.8 Å². The molecule has 0 spiro atoms. The predicted molar refractivity (Wildman–Crippen MR) is 144 cm³/mol. The van der Waals surface area contributed by atoms with Crippen LogP contribution in [0.25, 0.3) is 22.0 Å². The van der Waals surface area contributed by atoms with E-state index in [9.17, 15) is 14.7 Å². The highest BCUT2D eigenvalue weighted by atomic mass is 16.4. The van der Waals surface area contributed by atoms with E-state index >= 15 is 0 Å². The number of nitrogens with one attached hydrogen (secondary N) is 2. The number of hydrogen-bond donors (Lipinski definition) is 4. The molecule has 5 rings (SSSR count). The molecule has 0 aliphatic carbocycles. The maximum absolute atomic E-state index is 13.0. The SMILES string of the molecule is N=C(N)c1ccc2c(ccn2Cc2ccc(C(=O)NCc3ccccn3)cc2-c2ccncc2C(=O)O)c1. The Kier molecular flexibility index (Phi) is 6.65. The number of fused-ring (bicyclic) bond motifs is 1. The lowest BCUT2D eigenvalue weighted by Gasteiger charge is -2.15. The Bertz CT molecular complexity index is 1680. The molecular formula is C29H24N6O3. The summed E-state index contributed by atoms with van der Waals surface area (Å²) in [7, 11) is 0. The van der Waals surface area contributed by atoms with Gasteiger partial charge in [0.15, 0.2) is 0 Å². The van der Waals surface area contributed by atoms with Crippen molar-refractivity contribution in [2.45, 2.75) is 13.1 Å². The number of carbonyl (C=O) groups excluding carboxylic acids is 1. The van der Waals surface area contributed by atoms with Gasteiger partial charge in [0.25, 0.3) is 5.91 Å². The molecule has 0 atom stereocenters. The van der Waals surface area contributed by atoms with Gasteiger partial charge in [-0.15, -0.1) is 0 Å². The lowest BCUT2D eigenvalue weighted by molar-refractivity contribution is 0.0697. The average Bonchev–Trinajstić information content (AvgIpc) is 3.34. The number of rotatable bonds is 8. The minimum atomic E-state index is -1.10. The number of hydrogen-bond acceptors (Lipinski definition) is 5. The first-order valence-corrected chi connectivity index (χ1v) is 11.8. The van der Waals surface area contributed by atoms with Gasteiger partial charge in [-0.05, 0) is 71.3 Å². The van der Waals surface area contributed by atoms with Crippen LogP contribution in [-0.4, -0.2) is 37.4 Å². The van der Waals surface area contributed by atoms with Crippen LogP contribution in [0.4, 0.5) is 0 Å². The average molecular weight is 505 g/mol. The van der Waals surface area contributed by atoms with E-state index in [2.05, 4.69) is 15.3 Å². The summed E-state index contributed by atoms with van der Waals surface area (Å²) in [5.74, 6) is -1.40. The number of carboxylic acid groups (broad SMARTS) is 1. The molecule has 9 heteroatoms. The number of nitrogens with zero attached hydrogens (tertiary/aromatic N) is 3. The molecule has 0 saturated heterocycles. The molecule has 188 valence electrons. The molecule has 0 fully saturated rings. The zero-order chi connectivity index (χ0) is 26.6. The summed E-state index contributed by atoms with van der Waals surface area (Å²) in [4.78, 5) is 33.2. The van der Waals surface area contributed by atoms with E-state index in [0.29, 0.717) is 28.8 Å². The van der Waals surface area contributed by atoms with Gasteiger partial charge < -0.3 is 20.7 Å². The second-order valence-electron chi connectivity index (χ2n) is 8.73. The fourth-order valence-corrected chi connectivity index (χ4v) is 4.37. The molecule has 3 heterocycles. The van der Waals surface area contributed by atoms with Crippen molar-refractivity contribution < 1.29 is 14.7 Å². The van der Waals surface area contributed by atoms with Gasteiger partial charge in [-0.25, -0.2) is 4.79 Å². The van der Waals surface area contributed by atoms with Crippen molar-refractivity contribution in [3.8, 4) is 11.1 Å². The Balaban J connectivity index is 1.53. The lowest BCUT2D eigenvalue weighted by atomic mass is 9.94. The molecule has 2 aromatic carbocycles. The number of aromatic nitrogens is 3. The van der Waals surface area contributed by atoms with Gasteiger partial charge in [0.2, 0.25) is 0 Å². The van der Waals surface area contributed by atoms with Crippen molar-refractivity contribution in [1.29, 1.82) is 5.41 Å². The van der Waals surface area contributed by atoms with Crippen molar-refractivity contribution in [2.24, 2.45) is 5.73 Å². The fourth-order valence-electron chi connectivity index (χ4n) is 4.37. The molecule has 0 saturated carbocycles. The number of amides is 1. The number of nitrogens with two attached hydrogens (primary N) is 1. The highest BCUT2D eigenvalue weighted by Gasteiger charge is 2.18. The number of carboxylic acids is 1. The summed E-state index contributed by atoms with van der Waals surface area (Å²) in [5.41, 5.74) is 10.3. The van der Waals surface area contributed by atoms with Gasteiger partial charge in [0.1, 0.15) is 5.84 Å².